The van der Waals surface area contributed by atoms with Crippen molar-refractivity contribution in [1.29, 1.82) is 0 Å². The van der Waals surface area contributed by atoms with E-state index in [-0.39, 0.29) is 18.2 Å². The molecule has 1 aromatic heterocycles. The van der Waals surface area contributed by atoms with Crippen molar-refractivity contribution in [2.75, 3.05) is 0 Å². The monoisotopic (exact) mass is 269 g/mol. The van der Waals surface area contributed by atoms with Crippen LogP contribution in [0.5, 0.6) is 0 Å². The Bertz CT molecular complexity index is 348. The van der Waals surface area contributed by atoms with Gasteiger partial charge < -0.3 is 10.5 Å². The van der Waals surface area contributed by atoms with Gasteiger partial charge in [-0.15, -0.1) is 11.3 Å². The second-order valence-corrected chi connectivity index (χ2v) is 6.84. The third-order valence-electron chi connectivity index (χ3n) is 3.08. The SMILES string of the molecule is CCC(N)C(OC(C)CC(C)C)c1ccc(C)s1. The van der Waals surface area contributed by atoms with Gasteiger partial charge in [0.05, 0.1) is 6.10 Å². The highest BCUT2D eigenvalue weighted by Gasteiger charge is 2.23. The molecule has 3 heteroatoms. The van der Waals surface area contributed by atoms with Gasteiger partial charge in [0.2, 0.25) is 0 Å². The van der Waals surface area contributed by atoms with Gasteiger partial charge in [-0.2, -0.15) is 0 Å². The fraction of sp³-hybridized carbons (Fsp3) is 0.733. The van der Waals surface area contributed by atoms with Gasteiger partial charge in [0.15, 0.2) is 0 Å². The van der Waals surface area contributed by atoms with Gasteiger partial charge in [-0.05, 0) is 44.7 Å². The first-order valence-electron chi connectivity index (χ1n) is 6.91. The summed E-state index contributed by atoms with van der Waals surface area (Å²) in [4.78, 5) is 2.58. The molecule has 18 heavy (non-hydrogen) atoms. The fourth-order valence-corrected chi connectivity index (χ4v) is 3.16. The first kappa shape index (κ1) is 15.7. The molecule has 0 fully saturated rings. The van der Waals surface area contributed by atoms with E-state index in [1.54, 1.807) is 11.3 Å². The maximum absolute atomic E-state index is 6.22. The summed E-state index contributed by atoms with van der Waals surface area (Å²) in [7, 11) is 0. The Kier molecular flexibility index (Phi) is 6.33. The number of hydrogen-bond acceptors (Lipinski definition) is 3. The van der Waals surface area contributed by atoms with Crippen molar-refractivity contribution in [3.8, 4) is 0 Å². The second-order valence-electron chi connectivity index (χ2n) is 5.52. The van der Waals surface area contributed by atoms with E-state index in [1.807, 2.05) is 0 Å². The quantitative estimate of drug-likeness (QED) is 0.801. The number of nitrogens with two attached hydrogens (primary N) is 1. The van der Waals surface area contributed by atoms with Crippen LogP contribution in [0.1, 0.15) is 56.4 Å². The van der Waals surface area contributed by atoms with E-state index in [1.165, 1.54) is 9.75 Å². The summed E-state index contributed by atoms with van der Waals surface area (Å²) in [5, 5.41) is 0. The lowest BCUT2D eigenvalue weighted by molar-refractivity contribution is -0.0252. The minimum Gasteiger partial charge on any atom is -0.368 e. The predicted octanol–water partition coefficient (Wildman–Crippen LogP) is 4.29. The van der Waals surface area contributed by atoms with Gasteiger partial charge in [0.1, 0.15) is 6.10 Å². The van der Waals surface area contributed by atoms with E-state index < -0.39 is 0 Å². The van der Waals surface area contributed by atoms with E-state index in [0.29, 0.717) is 5.92 Å². The van der Waals surface area contributed by atoms with Crippen molar-refractivity contribution < 1.29 is 4.74 Å². The van der Waals surface area contributed by atoms with E-state index in [2.05, 4.69) is 46.8 Å². The van der Waals surface area contributed by atoms with Crippen molar-refractivity contribution in [3.63, 3.8) is 0 Å². The van der Waals surface area contributed by atoms with Crippen LogP contribution in [0.3, 0.4) is 0 Å². The average Bonchev–Trinajstić information content (AvgIpc) is 2.70. The molecule has 0 radical (unpaired) electrons. The molecule has 0 spiro atoms. The highest BCUT2D eigenvalue weighted by atomic mass is 32.1. The molecule has 2 N–H and O–H groups in total. The maximum atomic E-state index is 6.22. The molecule has 3 atom stereocenters. The van der Waals surface area contributed by atoms with Crippen LogP contribution in [0.15, 0.2) is 12.1 Å². The van der Waals surface area contributed by atoms with Crippen molar-refractivity contribution in [1.82, 2.24) is 0 Å². The highest BCUT2D eigenvalue weighted by Crippen LogP contribution is 2.30. The number of ether oxygens (including phenoxy) is 1. The molecule has 0 saturated heterocycles. The van der Waals surface area contributed by atoms with Crippen LogP contribution in [0.25, 0.3) is 0 Å². The van der Waals surface area contributed by atoms with E-state index in [0.717, 1.165) is 12.8 Å². The summed E-state index contributed by atoms with van der Waals surface area (Å²) in [6.07, 6.45) is 2.32. The number of aryl methyl sites for hydroxylation is 1. The molecule has 0 amide bonds. The third-order valence-corrected chi connectivity index (χ3v) is 4.15. The zero-order chi connectivity index (χ0) is 13.7. The first-order valence-corrected chi connectivity index (χ1v) is 7.73. The van der Waals surface area contributed by atoms with Crippen LogP contribution >= 0.6 is 11.3 Å². The zero-order valence-electron chi connectivity index (χ0n) is 12.3. The van der Waals surface area contributed by atoms with Gasteiger partial charge in [-0.25, -0.2) is 0 Å². The Hall–Kier alpha value is -0.380. The summed E-state index contributed by atoms with van der Waals surface area (Å²) >= 11 is 1.80. The lowest BCUT2D eigenvalue weighted by atomic mass is 10.0. The van der Waals surface area contributed by atoms with Crippen LogP contribution in [0, 0.1) is 12.8 Å². The molecule has 2 nitrogen and oxygen atoms in total. The van der Waals surface area contributed by atoms with Crippen molar-refractivity contribution >= 4 is 11.3 Å². The predicted molar refractivity (Wildman–Crippen MR) is 80.1 cm³/mol. The van der Waals surface area contributed by atoms with Crippen molar-refractivity contribution in [3.05, 3.63) is 21.9 Å². The molecular weight excluding hydrogens is 242 g/mol. The van der Waals surface area contributed by atoms with Crippen LogP contribution in [-0.4, -0.2) is 12.1 Å². The minimum absolute atomic E-state index is 0.0439. The Morgan fingerprint density at radius 3 is 2.39 bits per heavy atom. The summed E-state index contributed by atoms with van der Waals surface area (Å²) < 4.78 is 6.20. The smallest absolute Gasteiger partial charge is 0.107 e. The molecule has 1 aromatic rings. The molecule has 104 valence electrons. The lowest BCUT2D eigenvalue weighted by Crippen LogP contribution is -2.31. The highest BCUT2D eigenvalue weighted by molar-refractivity contribution is 7.12. The van der Waals surface area contributed by atoms with Gasteiger partial charge >= 0.3 is 0 Å². The van der Waals surface area contributed by atoms with Crippen LogP contribution < -0.4 is 5.73 Å². The molecule has 0 aliphatic heterocycles. The summed E-state index contributed by atoms with van der Waals surface area (Å²) in [6, 6.07) is 4.38. The van der Waals surface area contributed by atoms with E-state index in [4.69, 9.17) is 10.5 Å². The standard InChI is InChI=1S/C15H27NOS/c1-6-13(16)15(14-8-7-12(5)18-14)17-11(4)9-10(2)3/h7-8,10-11,13,15H,6,9,16H2,1-5H3. The molecule has 0 aliphatic rings. The fourth-order valence-electron chi connectivity index (χ4n) is 2.17. The number of hydrogen-bond donors (Lipinski definition) is 1. The topological polar surface area (TPSA) is 35.2 Å². The lowest BCUT2D eigenvalue weighted by Gasteiger charge is -2.27. The van der Waals surface area contributed by atoms with Crippen molar-refractivity contribution in [2.45, 2.75) is 65.7 Å². The first-order chi connectivity index (χ1) is 8.43. The van der Waals surface area contributed by atoms with E-state index >= 15 is 0 Å². The molecular formula is C15H27NOS. The van der Waals surface area contributed by atoms with Gasteiger partial charge in [0.25, 0.3) is 0 Å². The largest absolute Gasteiger partial charge is 0.368 e. The Labute approximate surface area is 116 Å². The van der Waals surface area contributed by atoms with Crippen LogP contribution in [-0.2, 0) is 4.74 Å². The molecule has 0 aromatic carbocycles. The molecule has 3 unspecified atom stereocenters. The van der Waals surface area contributed by atoms with Gasteiger partial charge in [0, 0.05) is 15.8 Å². The van der Waals surface area contributed by atoms with Crippen LogP contribution in [0.4, 0.5) is 0 Å². The van der Waals surface area contributed by atoms with Gasteiger partial charge in [-0.3, -0.25) is 0 Å². The molecule has 0 aliphatic carbocycles. The average molecular weight is 269 g/mol. The second kappa shape index (κ2) is 7.27. The Balaban J connectivity index is 2.73. The normalized spacial score (nSPS) is 16.8. The van der Waals surface area contributed by atoms with Gasteiger partial charge in [-0.1, -0.05) is 20.8 Å². The van der Waals surface area contributed by atoms with Crippen molar-refractivity contribution in [2.24, 2.45) is 11.7 Å². The molecule has 0 saturated carbocycles. The summed E-state index contributed by atoms with van der Waals surface area (Å²) in [5.41, 5.74) is 6.22. The Morgan fingerprint density at radius 1 is 1.28 bits per heavy atom. The third kappa shape index (κ3) is 4.71. The molecule has 0 bridgehead atoms. The van der Waals surface area contributed by atoms with E-state index in [9.17, 15) is 0 Å². The zero-order valence-corrected chi connectivity index (χ0v) is 13.1. The van der Waals surface area contributed by atoms with Crippen LogP contribution in [0.2, 0.25) is 0 Å². The number of rotatable bonds is 7. The minimum atomic E-state index is 0.0439. The molecule has 1 heterocycles. The molecule has 1 rings (SSSR count). The maximum Gasteiger partial charge on any atom is 0.107 e. The summed E-state index contributed by atoms with van der Waals surface area (Å²) in [6.45, 7) is 10.8. The summed E-state index contributed by atoms with van der Waals surface area (Å²) in [5.74, 6) is 0.656. The Morgan fingerprint density at radius 2 is 1.94 bits per heavy atom. The number of thiophene rings is 1.